The van der Waals surface area contributed by atoms with Gasteiger partial charge in [-0.15, -0.1) is 0 Å². The van der Waals surface area contributed by atoms with E-state index >= 15 is 0 Å². The summed E-state index contributed by atoms with van der Waals surface area (Å²) < 4.78 is 15.8. The van der Waals surface area contributed by atoms with Gasteiger partial charge in [-0.3, -0.25) is 35.9 Å². The van der Waals surface area contributed by atoms with Gasteiger partial charge in [-0.25, -0.2) is 0 Å². The fourth-order valence-corrected chi connectivity index (χ4v) is 2.77. The molecule has 3 aromatic rings. The summed E-state index contributed by atoms with van der Waals surface area (Å²) in [6, 6.07) is 15.4. The monoisotopic (exact) mass is 470 g/mol. The fraction of sp³-hybridized carbons (Fsp3) is 0.0952. The van der Waals surface area contributed by atoms with E-state index in [2.05, 4.69) is 16.2 Å². The van der Waals surface area contributed by atoms with Crippen LogP contribution in [0.25, 0.3) is 11.3 Å². The molecule has 0 saturated heterocycles. The molecule has 1 aromatic heterocycles. The van der Waals surface area contributed by atoms with E-state index in [1.165, 1.54) is 37.4 Å². The number of nitro benzene ring substituents is 1. The highest BCUT2D eigenvalue weighted by Gasteiger charge is 2.19. The van der Waals surface area contributed by atoms with E-state index in [4.69, 9.17) is 26.1 Å². The average molecular weight is 470 g/mol. The van der Waals surface area contributed by atoms with Gasteiger partial charge in [-0.1, -0.05) is 12.1 Å². The van der Waals surface area contributed by atoms with Crippen molar-refractivity contribution in [2.75, 3.05) is 13.7 Å². The van der Waals surface area contributed by atoms with Gasteiger partial charge in [0, 0.05) is 6.07 Å². The fourth-order valence-electron chi connectivity index (χ4n) is 2.63. The minimum Gasteiger partial charge on any atom is -0.497 e. The molecule has 0 aliphatic rings. The van der Waals surface area contributed by atoms with Crippen LogP contribution in [-0.4, -0.2) is 35.6 Å². The van der Waals surface area contributed by atoms with Crippen LogP contribution in [0.3, 0.4) is 0 Å². The first-order valence-corrected chi connectivity index (χ1v) is 9.79. The summed E-state index contributed by atoms with van der Waals surface area (Å²) in [4.78, 5) is 34.8. The second-order valence-electron chi connectivity index (χ2n) is 6.36. The summed E-state index contributed by atoms with van der Waals surface area (Å²) in [7, 11) is 1.54. The zero-order valence-corrected chi connectivity index (χ0v) is 18.0. The van der Waals surface area contributed by atoms with Crippen molar-refractivity contribution in [2.24, 2.45) is 0 Å². The lowest BCUT2D eigenvalue weighted by molar-refractivity contribution is -0.384. The van der Waals surface area contributed by atoms with Crippen LogP contribution in [0, 0.1) is 10.1 Å². The third kappa shape index (κ3) is 6.27. The standard InChI is InChI=1S/C21H18N4O7S/c1-30-13-6-8-14(9-7-13)31-12-19(26)23-24-21(33)22-20(27)18-11-10-17(32-18)15-4-2-3-5-16(15)25(28)29/h2-11H,12H2,1H3,(H,23,26)(H2,22,24,27,33). The maximum absolute atomic E-state index is 12.3. The highest BCUT2D eigenvalue weighted by atomic mass is 32.1. The van der Waals surface area contributed by atoms with Gasteiger partial charge in [-0.2, -0.15) is 0 Å². The van der Waals surface area contributed by atoms with Crippen molar-refractivity contribution < 1.29 is 28.4 Å². The molecule has 0 atom stereocenters. The number of benzene rings is 2. The van der Waals surface area contributed by atoms with E-state index in [9.17, 15) is 19.7 Å². The number of rotatable bonds is 7. The van der Waals surface area contributed by atoms with Gasteiger partial charge in [-0.05, 0) is 54.7 Å². The summed E-state index contributed by atoms with van der Waals surface area (Å²) in [5.41, 5.74) is 4.72. The Bertz CT molecular complexity index is 1180. The summed E-state index contributed by atoms with van der Waals surface area (Å²) in [5.74, 6) is -0.105. The molecule has 2 amide bonds. The van der Waals surface area contributed by atoms with Crippen LogP contribution < -0.4 is 25.6 Å². The van der Waals surface area contributed by atoms with E-state index in [0.29, 0.717) is 11.5 Å². The number of hydrazine groups is 1. The predicted octanol–water partition coefficient (Wildman–Crippen LogP) is 2.58. The molecule has 2 aromatic carbocycles. The Morgan fingerprint density at radius 2 is 1.73 bits per heavy atom. The first kappa shape index (κ1) is 23.2. The Morgan fingerprint density at radius 3 is 2.42 bits per heavy atom. The molecule has 0 spiro atoms. The second-order valence-corrected chi connectivity index (χ2v) is 6.77. The molecule has 3 rings (SSSR count). The number of methoxy groups -OCH3 is 1. The number of carbonyl (C=O) groups is 2. The molecule has 0 saturated carbocycles. The maximum atomic E-state index is 12.3. The summed E-state index contributed by atoms with van der Waals surface area (Å²) in [6.07, 6.45) is 0. The topological polar surface area (TPSA) is 145 Å². The van der Waals surface area contributed by atoms with Gasteiger partial charge < -0.3 is 13.9 Å². The van der Waals surface area contributed by atoms with E-state index < -0.39 is 16.7 Å². The van der Waals surface area contributed by atoms with Crippen LogP contribution in [0.2, 0.25) is 0 Å². The number of furan rings is 1. The molecule has 33 heavy (non-hydrogen) atoms. The van der Waals surface area contributed by atoms with Crippen molar-refractivity contribution in [1.82, 2.24) is 16.2 Å². The van der Waals surface area contributed by atoms with Crippen LogP contribution in [0.4, 0.5) is 5.69 Å². The number of nitrogens with zero attached hydrogens (tertiary/aromatic N) is 1. The normalized spacial score (nSPS) is 10.1. The molecule has 0 fully saturated rings. The van der Waals surface area contributed by atoms with Gasteiger partial charge in [0.1, 0.15) is 17.3 Å². The van der Waals surface area contributed by atoms with Crippen molar-refractivity contribution in [2.45, 2.75) is 0 Å². The van der Waals surface area contributed by atoms with E-state index in [1.54, 1.807) is 30.3 Å². The number of nitro groups is 1. The lowest BCUT2D eigenvalue weighted by atomic mass is 10.1. The third-order valence-electron chi connectivity index (χ3n) is 4.17. The minimum absolute atomic E-state index is 0.124. The Labute approximate surface area is 192 Å². The zero-order chi connectivity index (χ0) is 23.8. The molecule has 0 aliphatic heterocycles. The van der Waals surface area contributed by atoms with Crippen molar-refractivity contribution >= 4 is 34.8 Å². The van der Waals surface area contributed by atoms with Gasteiger partial charge in [0.25, 0.3) is 17.5 Å². The number of ether oxygens (including phenoxy) is 2. The smallest absolute Gasteiger partial charge is 0.293 e. The van der Waals surface area contributed by atoms with Gasteiger partial charge in [0.05, 0.1) is 17.6 Å². The molecule has 1 heterocycles. The highest BCUT2D eigenvalue weighted by Crippen LogP contribution is 2.30. The van der Waals surface area contributed by atoms with Gasteiger partial charge in [0.2, 0.25) is 0 Å². The summed E-state index contributed by atoms with van der Waals surface area (Å²) in [5, 5.41) is 13.3. The molecular formula is C21H18N4O7S. The van der Waals surface area contributed by atoms with Crippen LogP contribution in [0.5, 0.6) is 11.5 Å². The van der Waals surface area contributed by atoms with Crippen LogP contribution in [-0.2, 0) is 4.79 Å². The highest BCUT2D eigenvalue weighted by molar-refractivity contribution is 7.80. The molecule has 170 valence electrons. The van der Waals surface area contributed by atoms with E-state index in [0.717, 1.165) is 0 Å². The number of amides is 2. The molecular weight excluding hydrogens is 452 g/mol. The first-order valence-electron chi connectivity index (χ1n) is 9.38. The minimum atomic E-state index is -0.707. The van der Waals surface area contributed by atoms with Crippen LogP contribution in [0.1, 0.15) is 10.6 Å². The number of nitrogens with one attached hydrogen (secondary N) is 3. The van der Waals surface area contributed by atoms with Crippen molar-refractivity contribution in [1.29, 1.82) is 0 Å². The number of hydrogen-bond donors (Lipinski definition) is 3. The molecule has 0 unspecified atom stereocenters. The second kappa shape index (κ2) is 10.7. The summed E-state index contributed by atoms with van der Waals surface area (Å²) >= 11 is 4.97. The predicted molar refractivity (Wildman–Crippen MR) is 121 cm³/mol. The third-order valence-corrected chi connectivity index (χ3v) is 4.37. The molecule has 12 heteroatoms. The largest absolute Gasteiger partial charge is 0.497 e. The Kier molecular flexibility index (Phi) is 7.55. The lowest BCUT2D eigenvalue weighted by Gasteiger charge is -2.11. The molecule has 0 bridgehead atoms. The van der Waals surface area contributed by atoms with E-state index in [1.807, 2.05) is 0 Å². The Morgan fingerprint density at radius 1 is 1.03 bits per heavy atom. The lowest BCUT2D eigenvalue weighted by Crippen LogP contribution is -2.49. The number of hydrogen-bond acceptors (Lipinski definition) is 8. The molecule has 0 aliphatic carbocycles. The van der Waals surface area contributed by atoms with Gasteiger partial charge in [0.15, 0.2) is 17.5 Å². The molecule has 3 N–H and O–H groups in total. The van der Waals surface area contributed by atoms with Crippen LogP contribution in [0.15, 0.2) is 65.1 Å². The average Bonchev–Trinajstić information content (AvgIpc) is 3.32. The van der Waals surface area contributed by atoms with Crippen molar-refractivity contribution in [3.05, 3.63) is 76.5 Å². The number of carbonyl (C=O) groups excluding carboxylic acids is 2. The Balaban J connectivity index is 1.48. The van der Waals surface area contributed by atoms with Gasteiger partial charge >= 0.3 is 0 Å². The van der Waals surface area contributed by atoms with Crippen LogP contribution >= 0.6 is 12.2 Å². The van der Waals surface area contributed by atoms with Crippen molar-refractivity contribution in [3.63, 3.8) is 0 Å². The Hall–Kier alpha value is -4.45. The number of thiocarbonyl (C=S) groups is 1. The zero-order valence-electron chi connectivity index (χ0n) is 17.2. The maximum Gasteiger partial charge on any atom is 0.293 e. The molecule has 0 radical (unpaired) electrons. The summed E-state index contributed by atoms with van der Waals surface area (Å²) in [6.45, 7) is -0.298. The number of para-hydroxylation sites is 1. The molecule has 11 nitrogen and oxygen atoms in total. The quantitative estimate of drug-likeness (QED) is 0.269. The van der Waals surface area contributed by atoms with E-state index in [-0.39, 0.29) is 34.5 Å². The van der Waals surface area contributed by atoms with Crippen molar-refractivity contribution in [3.8, 4) is 22.8 Å². The first-order chi connectivity index (χ1) is 15.9. The SMILES string of the molecule is COc1ccc(OCC(=O)NNC(=S)NC(=O)c2ccc(-c3ccccc3[N+](=O)[O-])o2)cc1.